The summed E-state index contributed by atoms with van der Waals surface area (Å²) in [7, 11) is 2.58. The molecule has 63 heavy (non-hydrogen) atoms. The molecule has 2 fully saturated rings. The number of ether oxygens (including phenoxy) is 2. The number of nitrogens with one attached hydrogen (secondary N) is 3. The summed E-state index contributed by atoms with van der Waals surface area (Å²) in [6.45, 7) is 12.5. The fourth-order valence-electron chi connectivity index (χ4n) is 7.89. The van der Waals surface area contributed by atoms with Crippen LogP contribution in [0.15, 0.2) is 97.5 Å². The Morgan fingerprint density at radius 1 is 0.810 bits per heavy atom. The number of H-pyrrole nitrogens is 1. The number of hydrogen-bond donors (Lipinski definition) is 3. The molecular weight excluding hydrogens is 797 g/mol. The lowest BCUT2D eigenvalue weighted by atomic mass is 9.98. The molecule has 0 bridgehead atoms. The molecule has 2 saturated heterocycles. The van der Waals surface area contributed by atoms with Crippen LogP contribution in [0.5, 0.6) is 0 Å². The van der Waals surface area contributed by atoms with Crippen LogP contribution >= 0.6 is 0 Å². The van der Waals surface area contributed by atoms with Gasteiger partial charge in [-0.25, -0.2) is 19.6 Å². The number of aromatic amines is 1. The van der Waals surface area contributed by atoms with Gasteiger partial charge >= 0.3 is 12.2 Å². The second kappa shape index (κ2) is 21.4. The summed E-state index contributed by atoms with van der Waals surface area (Å²) >= 11 is 0. The molecule has 0 unspecified atom stereocenters. The minimum atomic E-state index is -0.676. The van der Waals surface area contributed by atoms with Crippen molar-refractivity contribution in [3.63, 3.8) is 0 Å². The average molecular weight is 857 g/mol. The third-order valence-corrected chi connectivity index (χ3v) is 11.2. The number of carbonyl (C=O) groups is 4. The number of hydrogen-bond acceptors (Lipinski definition) is 8. The van der Waals surface area contributed by atoms with Gasteiger partial charge in [0.2, 0.25) is 11.8 Å². The minimum absolute atomic E-state index is 0.0344. The molecule has 14 nitrogen and oxygen atoms in total. The zero-order valence-electron chi connectivity index (χ0n) is 37.4. The van der Waals surface area contributed by atoms with Crippen molar-refractivity contribution in [3.8, 4) is 33.4 Å². The van der Waals surface area contributed by atoms with Crippen molar-refractivity contribution in [3.05, 3.63) is 103 Å². The highest BCUT2D eigenvalue weighted by molar-refractivity contribution is 5.87. The van der Waals surface area contributed by atoms with E-state index in [1.54, 1.807) is 4.90 Å². The molecule has 332 valence electrons. The van der Waals surface area contributed by atoms with Gasteiger partial charge in [0.1, 0.15) is 24.1 Å². The van der Waals surface area contributed by atoms with Crippen molar-refractivity contribution >= 4 is 40.7 Å². The van der Waals surface area contributed by atoms with Crippen molar-refractivity contribution in [2.45, 2.75) is 72.4 Å². The number of nitrogens with zero attached hydrogens (tertiary/aromatic N) is 5. The summed E-state index contributed by atoms with van der Waals surface area (Å²) in [6, 6.07) is 26.7. The number of likely N-dealkylation sites (tertiary alicyclic amines) is 2. The zero-order valence-corrected chi connectivity index (χ0v) is 37.4. The standard InChI is InChI=1S/C38H38N6O3.C8H14N2O3.C3H8/c1-23(2)35(42-38(46)47-4)37(45)44-21-24(3)19-33(44)36-40-31-15-13-29(20-32(31)41-36)27-9-5-25(6-10-27)26-7-11-28(12-8-26)30-14-16-34-39-17-18-43(34)22-30;1-13-8(12)9-6-7(11)10-4-2-3-5-10;1-3-2/h5-18,20,22-24,33,35H,19,21H2,1-4H3,(H,40,41)(H,42,46);2-6H2,1H3,(H,9,12);3H2,1-2H3/t24-,33-,35-;;/m0../s1. The molecule has 2 aliphatic rings. The van der Waals surface area contributed by atoms with Gasteiger partial charge in [-0.2, -0.15) is 0 Å². The first-order valence-corrected chi connectivity index (χ1v) is 21.8. The molecule has 0 radical (unpaired) electrons. The maximum atomic E-state index is 13.7. The number of pyridine rings is 1. The lowest BCUT2D eigenvalue weighted by Crippen LogP contribution is -2.51. The van der Waals surface area contributed by atoms with Crippen LogP contribution in [-0.2, 0) is 19.1 Å². The first kappa shape index (κ1) is 45.8. The summed E-state index contributed by atoms with van der Waals surface area (Å²) in [6.07, 6.45) is 8.86. The summed E-state index contributed by atoms with van der Waals surface area (Å²) in [4.78, 5) is 64.0. The monoisotopic (exact) mass is 856 g/mol. The van der Waals surface area contributed by atoms with Gasteiger partial charge in [-0.05, 0) is 88.7 Å². The number of rotatable bonds is 9. The molecule has 8 rings (SSSR count). The highest BCUT2D eigenvalue weighted by atomic mass is 16.5. The predicted octanol–water partition coefficient (Wildman–Crippen LogP) is 8.88. The molecule has 3 N–H and O–H groups in total. The van der Waals surface area contributed by atoms with Gasteiger partial charge in [0.15, 0.2) is 0 Å². The summed E-state index contributed by atoms with van der Waals surface area (Å²) in [5.41, 5.74) is 9.51. The van der Waals surface area contributed by atoms with Crippen LogP contribution in [-0.4, -0.2) is 99.6 Å². The Kier molecular flexibility index (Phi) is 15.6. The number of alkyl carbamates (subject to hydrolysis) is 2. The van der Waals surface area contributed by atoms with E-state index in [0.717, 1.165) is 88.2 Å². The quantitative estimate of drug-likeness (QED) is 0.130. The van der Waals surface area contributed by atoms with Crippen LogP contribution in [0.4, 0.5) is 9.59 Å². The molecule has 0 saturated carbocycles. The van der Waals surface area contributed by atoms with Crippen LogP contribution in [0.1, 0.15) is 72.2 Å². The molecule has 2 aliphatic heterocycles. The van der Waals surface area contributed by atoms with Gasteiger partial charge in [0, 0.05) is 38.2 Å². The second-order valence-electron chi connectivity index (χ2n) is 16.5. The number of carbonyl (C=O) groups excluding carboxylic acids is 4. The Labute approximate surface area is 369 Å². The van der Waals surface area contributed by atoms with Gasteiger partial charge in [-0.1, -0.05) is 95.6 Å². The Bertz CT molecular complexity index is 2470. The third-order valence-electron chi connectivity index (χ3n) is 11.2. The molecular formula is C49H60N8O6. The van der Waals surface area contributed by atoms with E-state index in [4.69, 9.17) is 9.72 Å². The summed E-state index contributed by atoms with van der Waals surface area (Å²) < 4.78 is 11.2. The molecule has 5 heterocycles. The van der Waals surface area contributed by atoms with E-state index in [1.165, 1.54) is 20.6 Å². The third kappa shape index (κ3) is 11.4. The lowest BCUT2D eigenvalue weighted by Gasteiger charge is -2.30. The van der Waals surface area contributed by atoms with Crippen molar-refractivity contribution in [2.24, 2.45) is 11.8 Å². The highest BCUT2D eigenvalue weighted by Crippen LogP contribution is 2.36. The lowest BCUT2D eigenvalue weighted by molar-refractivity contribution is -0.135. The SMILES string of the molecule is CCC.COC(=O)NCC(=O)N1CCCC1.COC(=O)N[C@H](C(=O)N1C[C@@H](C)C[C@H]1c1nc2ccc(-c3ccc(-c4ccc(-c5ccc6nccn6c5)cc4)cc3)cc2[nH]1)C(C)C. The Morgan fingerprint density at radius 3 is 1.98 bits per heavy atom. The van der Waals surface area contributed by atoms with Gasteiger partial charge in [-0.15, -0.1) is 0 Å². The molecule has 3 atom stereocenters. The molecule has 4 amide bonds. The molecule has 0 aliphatic carbocycles. The second-order valence-corrected chi connectivity index (χ2v) is 16.5. The fraction of sp³-hybridized carbons (Fsp3) is 0.388. The summed E-state index contributed by atoms with van der Waals surface area (Å²) in [5, 5.41) is 5.08. The predicted molar refractivity (Wildman–Crippen MR) is 246 cm³/mol. The molecule has 0 spiro atoms. The number of imidazole rings is 2. The molecule has 3 aromatic carbocycles. The Morgan fingerprint density at radius 2 is 1.38 bits per heavy atom. The van der Waals surface area contributed by atoms with Crippen LogP contribution in [0.3, 0.4) is 0 Å². The number of fused-ring (bicyclic) bond motifs is 2. The first-order valence-electron chi connectivity index (χ1n) is 21.8. The Balaban J connectivity index is 0.000000350. The van der Waals surface area contributed by atoms with E-state index in [0.29, 0.717) is 12.5 Å². The van der Waals surface area contributed by atoms with Crippen molar-refractivity contribution < 1.29 is 28.7 Å². The van der Waals surface area contributed by atoms with Crippen LogP contribution in [0.2, 0.25) is 0 Å². The number of methoxy groups -OCH3 is 2. The topological polar surface area (TPSA) is 163 Å². The van der Waals surface area contributed by atoms with E-state index in [-0.39, 0.29) is 30.3 Å². The highest BCUT2D eigenvalue weighted by Gasteiger charge is 2.40. The van der Waals surface area contributed by atoms with Gasteiger partial charge in [-0.3, -0.25) is 9.59 Å². The number of aromatic nitrogens is 4. The smallest absolute Gasteiger partial charge is 0.407 e. The number of amides is 4. The molecule has 3 aromatic heterocycles. The van der Waals surface area contributed by atoms with Crippen LogP contribution < -0.4 is 10.6 Å². The summed E-state index contributed by atoms with van der Waals surface area (Å²) in [5.74, 6) is 0.819. The van der Waals surface area contributed by atoms with E-state index in [1.807, 2.05) is 47.7 Å². The van der Waals surface area contributed by atoms with E-state index in [9.17, 15) is 19.2 Å². The van der Waals surface area contributed by atoms with E-state index in [2.05, 4.69) is 119 Å². The van der Waals surface area contributed by atoms with Gasteiger partial charge in [0.25, 0.3) is 0 Å². The van der Waals surface area contributed by atoms with E-state index >= 15 is 0 Å². The van der Waals surface area contributed by atoms with Crippen molar-refractivity contribution in [1.82, 2.24) is 39.8 Å². The number of benzene rings is 3. The maximum absolute atomic E-state index is 13.7. The molecule has 6 aromatic rings. The normalized spacial score (nSPS) is 16.2. The average Bonchev–Trinajstić information content (AvgIpc) is 4.14. The largest absolute Gasteiger partial charge is 0.453 e. The first-order chi connectivity index (χ1) is 30.4. The van der Waals surface area contributed by atoms with Gasteiger partial charge < -0.3 is 39.3 Å². The van der Waals surface area contributed by atoms with Crippen molar-refractivity contribution in [2.75, 3.05) is 40.4 Å². The van der Waals surface area contributed by atoms with Crippen molar-refractivity contribution in [1.29, 1.82) is 0 Å². The fourth-order valence-corrected chi connectivity index (χ4v) is 7.89. The zero-order chi connectivity index (χ0) is 45.0. The molecule has 14 heteroatoms. The Hall–Kier alpha value is -6.70. The minimum Gasteiger partial charge on any atom is -0.453 e. The maximum Gasteiger partial charge on any atom is 0.407 e. The van der Waals surface area contributed by atoms with Gasteiger partial charge in [0.05, 0.1) is 31.3 Å². The van der Waals surface area contributed by atoms with Crippen LogP contribution in [0, 0.1) is 11.8 Å². The van der Waals surface area contributed by atoms with Crippen LogP contribution in [0.25, 0.3) is 50.1 Å². The van der Waals surface area contributed by atoms with E-state index < -0.39 is 18.2 Å².